The van der Waals surface area contributed by atoms with Gasteiger partial charge < -0.3 is 15.0 Å². The number of morpholine rings is 1. The van der Waals surface area contributed by atoms with Crippen LogP contribution in [0.25, 0.3) is 0 Å². The van der Waals surface area contributed by atoms with E-state index in [4.69, 9.17) is 4.74 Å². The molecule has 2 amide bonds. The van der Waals surface area contributed by atoms with Crippen molar-refractivity contribution in [2.75, 3.05) is 26.3 Å². The predicted octanol–water partition coefficient (Wildman–Crippen LogP) is 1.36. The fraction of sp³-hybridized carbons (Fsp3) is 0.909. The van der Waals surface area contributed by atoms with Gasteiger partial charge in [0.1, 0.15) is 0 Å². The highest BCUT2D eigenvalue weighted by Gasteiger charge is 2.37. The van der Waals surface area contributed by atoms with Crippen molar-refractivity contribution in [2.45, 2.75) is 38.1 Å². The monoisotopic (exact) mass is 212 g/mol. The van der Waals surface area contributed by atoms with Crippen molar-refractivity contribution < 1.29 is 9.53 Å². The molecular weight excluding hydrogens is 192 g/mol. The molecule has 1 aliphatic carbocycles. The molecule has 0 spiro atoms. The molecule has 0 aromatic rings. The Kier molecular flexibility index (Phi) is 3.14. The van der Waals surface area contributed by atoms with Gasteiger partial charge in [-0.1, -0.05) is 6.92 Å². The van der Waals surface area contributed by atoms with Crippen LogP contribution in [0.4, 0.5) is 4.79 Å². The fourth-order valence-corrected chi connectivity index (χ4v) is 2.24. The zero-order chi connectivity index (χ0) is 10.7. The molecule has 0 aromatic heterocycles. The van der Waals surface area contributed by atoms with E-state index in [2.05, 4.69) is 12.2 Å². The van der Waals surface area contributed by atoms with Crippen molar-refractivity contribution in [1.82, 2.24) is 10.2 Å². The van der Waals surface area contributed by atoms with Gasteiger partial charge in [0.15, 0.2) is 0 Å². The normalized spacial score (nSPS) is 24.5. The highest BCUT2D eigenvalue weighted by Crippen LogP contribution is 2.34. The lowest BCUT2D eigenvalue weighted by molar-refractivity contribution is 0.0479. The van der Waals surface area contributed by atoms with E-state index in [1.165, 1.54) is 6.42 Å². The average molecular weight is 212 g/mol. The molecule has 2 fully saturated rings. The second-order valence-electron chi connectivity index (χ2n) is 4.52. The molecule has 1 heterocycles. The predicted molar refractivity (Wildman–Crippen MR) is 57.8 cm³/mol. The highest BCUT2D eigenvalue weighted by atomic mass is 16.5. The van der Waals surface area contributed by atoms with Crippen LogP contribution in [0.15, 0.2) is 0 Å². The molecule has 0 unspecified atom stereocenters. The number of hydrogen-bond acceptors (Lipinski definition) is 2. The molecule has 0 atom stereocenters. The van der Waals surface area contributed by atoms with E-state index in [0.29, 0.717) is 13.2 Å². The van der Waals surface area contributed by atoms with Gasteiger partial charge in [-0.15, -0.1) is 0 Å². The number of carbonyl (C=O) groups is 1. The van der Waals surface area contributed by atoms with E-state index in [0.717, 1.165) is 32.4 Å². The van der Waals surface area contributed by atoms with Crippen LogP contribution in [0.5, 0.6) is 0 Å². The lowest BCUT2D eigenvalue weighted by atomic mass is 9.75. The van der Waals surface area contributed by atoms with E-state index in [1.807, 2.05) is 4.90 Å². The van der Waals surface area contributed by atoms with Gasteiger partial charge in [0.05, 0.1) is 13.2 Å². The Morgan fingerprint density at radius 2 is 2.07 bits per heavy atom. The number of amides is 2. The Balaban J connectivity index is 1.85. The Hall–Kier alpha value is -0.770. The Morgan fingerprint density at radius 3 is 2.53 bits per heavy atom. The van der Waals surface area contributed by atoms with Crippen molar-refractivity contribution in [2.24, 2.45) is 0 Å². The molecule has 1 aliphatic heterocycles. The molecular formula is C11H20N2O2. The third-order valence-corrected chi connectivity index (χ3v) is 3.66. The van der Waals surface area contributed by atoms with Crippen molar-refractivity contribution in [1.29, 1.82) is 0 Å². The molecule has 0 radical (unpaired) electrons. The van der Waals surface area contributed by atoms with Gasteiger partial charge in [0.25, 0.3) is 0 Å². The van der Waals surface area contributed by atoms with Crippen LogP contribution >= 0.6 is 0 Å². The highest BCUT2D eigenvalue weighted by molar-refractivity contribution is 5.75. The van der Waals surface area contributed by atoms with E-state index >= 15 is 0 Å². The fourth-order valence-electron chi connectivity index (χ4n) is 2.24. The van der Waals surface area contributed by atoms with Crippen molar-refractivity contribution in [3.63, 3.8) is 0 Å². The molecule has 1 saturated heterocycles. The molecule has 2 aliphatic rings. The standard InChI is InChI=1S/C11H20N2O2/c1-2-11(4-3-5-11)12-10(14)13-6-8-15-9-7-13/h2-9H2,1H3,(H,12,14). The quantitative estimate of drug-likeness (QED) is 0.751. The van der Waals surface area contributed by atoms with Gasteiger partial charge >= 0.3 is 6.03 Å². The van der Waals surface area contributed by atoms with Crippen LogP contribution in [0.1, 0.15) is 32.6 Å². The number of nitrogens with one attached hydrogen (secondary N) is 1. The maximum Gasteiger partial charge on any atom is 0.317 e. The molecule has 15 heavy (non-hydrogen) atoms. The second-order valence-corrected chi connectivity index (χ2v) is 4.52. The molecule has 2 rings (SSSR count). The van der Waals surface area contributed by atoms with Crippen LogP contribution in [0.3, 0.4) is 0 Å². The van der Waals surface area contributed by atoms with Crippen molar-refractivity contribution >= 4 is 6.03 Å². The zero-order valence-corrected chi connectivity index (χ0v) is 9.42. The maximum atomic E-state index is 11.9. The summed E-state index contributed by atoms with van der Waals surface area (Å²) in [6.45, 7) is 4.95. The summed E-state index contributed by atoms with van der Waals surface area (Å²) in [7, 11) is 0. The summed E-state index contributed by atoms with van der Waals surface area (Å²) in [6.07, 6.45) is 4.57. The third kappa shape index (κ3) is 2.25. The van der Waals surface area contributed by atoms with Crippen LogP contribution in [0.2, 0.25) is 0 Å². The van der Waals surface area contributed by atoms with Crippen LogP contribution in [-0.2, 0) is 4.74 Å². The van der Waals surface area contributed by atoms with E-state index in [9.17, 15) is 4.79 Å². The molecule has 1 saturated carbocycles. The Labute approximate surface area is 91.0 Å². The summed E-state index contributed by atoms with van der Waals surface area (Å²) in [5.41, 5.74) is 0.107. The summed E-state index contributed by atoms with van der Waals surface area (Å²) in [5.74, 6) is 0. The van der Waals surface area contributed by atoms with Crippen LogP contribution in [-0.4, -0.2) is 42.8 Å². The molecule has 4 heteroatoms. The van der Waals surface area contributed by atoms with Crippen molar-refractivity contribution in [3.05, 3.63) is 0 Å². The van der Waals surface area contributed by atoms with Gasteiger partial charge in [0.2, 0.25) is 0 Å². The molecule has 1 N–H and O–H groups in total. The average Bonchev–Trinajstić information content (AvgIpc) is 2.24. The summed E-state index contributed by atoms with van der Waals surface area (Å²) in [4.78, 5) is 13.8. The summed E-state index contributed by atoms with van der Waals surface area (Å²) in [6, 6.07) is 0.0971. The second kappa shape index (κ2) is 4.39. The number of carbonyl (C=O) groups excluding carboxylic acids is 1. The van der Waals surface area contributed by atoms with E-state index in [1.54, 1.807) is 0 Å². The first kappa shape index (κ1) is 10.7. The molecule has 0 aromatic carbocycles. The summed E-state index contributed by atoms with van der Waals surface area (Å²) >= 11 is 0. The third-order valence-electron chi connectivity index (χ3n) is 3.66. The number of ether oxygens (including phenoxy) is 1. The van der Waals surface area contributed by atoms with E-state index < -0.39 is 0 Å². The van der Waals surface area contributed by atoms with Gasteiger partial charge in [-0.3, -0.25) is 0 Å². The first-order chi connectivity index (χ1) is 7.26. The zero-order valence-electron chi connectivity index (χ0n) is 9.42. The SMILES string of the molecule is CCC1(NC(=O)N2CCOCC2)CCC1. The minimum atomic E-state index is 0.0971. The summed E-state index contributed by atoms with van der Waals surface area (Å²) in [5, 5.41) is 3.18. The maximum absolute atomic E-state index is 11.9. The molecule has 0 bridgehead atoms. The minimum Gasteiger partial charge on any atom is -0.378 e. The topological polar surface area (TPSA) is 41.6 Å². The van der Waals surface area contributed by atoms with Crippen LogP contribution in [0, 0.1) is 0 Å². The van der Waals surface area contributed by atoms with Gasteiger partial charge in [-0.05, 0) is 25.7 Å². The number of nitrogens with zero attached hydrogens (tertiary/aromatic N) is 1. The minimum absolute atomic E-state index is 0.0971. The Morgan fingerprint density at radius 1 is 1.40 bits per heavy atom. The van der Waals surface area contributed by atoms with Gasteiger partial charge in [0, 0.05) is 18.6 Å². The smallest absolute Gasteiger partial charge is 0.317 e. The number of hydrogen-bond donors (Lipinski definition) is 1. The molecule has 4 nitrogen and oxygen atoms in total. The number of rotatable bonds is 2. The summed E-state index contributed by atoms with van der Waals surface area (Å²) < 4.78 is 5.22. The lowest BCUT2D eigenvalue weighted by Gasteiger charge is -2.43. The molecule has 86 valence electrons. The first-order valence-electron chi connectivity index (χ1n) is 5.91. The van der Waals surface area contributed by atoms with Gasteiger partial charge in [-0.25, -0.2) is 4.79 Å². The lowest BCUT2D eigenvalue weighted by Crippen LogP contribution is -2.58. The first-order valence-corrected chi connectivity index (χ1v) is 5.91. The van der Waals surface area contributed by atoms with Gasteiger partial charge in [-0.2, -0.15) is 0 Å². The van der Waals surface area contributed by atoms with E-state index in [-0.39, 0.29) is 11.6 Å². The largest absolute Gasteiger partial charge is 0.378 e. The number of urea groups is 1. The Bertz CT molecular complexity index is 227. The van der Waals surface area contributed by atoms with Crippen molar-refractivity contribution in [3.8, 4) is 0 Å². The van der Waals surface area contributed by atoms with Crippen LogP contribution < -0.4 is 5.32 Å².